The van der Waals surface area contributed by atoms with E-state index in [1.807, 2.05) is 11.1 Å². The van der Waals surface area contributed by atoms with E-state index >= 15 is 0 Å². The van der Waals surface area contributed by atoms with E-state index in [0.29, 0.717) is 42.6 Å². The van der Waals surface area contributed by atoms with Gasteiger partial charge >= 0.3 is 0 Å². The van der Waals surface area contributed by atoms with Crippen LogP contribution < -0.4 is 4.74 Å². The molecule has 1 aliphatic heterocycles. The summed E-state index contributed by atoms with van der Waals surface area (Å²) in [5.41, 5.74) is 5.21. The quantitative estimate of drug-likeness (QED) is 0.376. The minimum absolute atomic E-state index is 0.00557. The van der Waals surface area contributed by atoms with Crippen LogP contribution in [0.2, 0.25) is 0 Å². The molecule has 2 unspecified atom stereocenters. The van der Waals surface area contributed by atoms with Crippen molar-refractivity contribution < 1.29 is 18.8 Å². The Balaban J connectivity index is 1.27. The Labute approximate surface area is 237 Å². The molecule has 2 atom stereocenters. The standard InChI is InChI=1S/C32H42N4O4/c1-5-13-32(28-8-6-15-33-28,26-11-9-24-10-12-27(39-4)20-25(24)19-26)14-7-16-35-17-18-36(21-29(35)37)31(38)30-22(2)34-40-23(30)3/h6,8,10,12,15,20,26,33H,5,7,9,11,13-14,16-19,21H2,1-4H3. The summed E-state index contributed by atoms with van der Waals surface area (Å²) in [7, 11) is 1.73. The number of hydrogen-bond acceptors (Lipinski definition) is 5. The van der Waals surface area contributed by atoms with Crippen LogP contribution in [0.3, 0.4) is 0 Å². The Morgan fingerprint density at radius 2 is 2.05 bits per heavy atom. The second-order valence-electron chi connectivity index (χ2n) is 11.5. The van der Waals surface area contributed by atoms with E-state index in [-0.39, 0.29) is 23.8 Å². The van der Waals surface area contributed by atoms with Crippen LogP contribution >= 0.6 is 0 Å². The molecule has 1 saturated heterocycles. The number of aromatic amines is 1. The first-order valence-electron chi connectivity index (χ1n) is 14.7. The van der Waals surface area contributed by atoms with Gasteiger partial charge in [0.05, 0.1) is 12.8 Å². The number of piperazine rings is 1. The Morgan fingerprint density at radius 3 is 2.73 bits per heavy atom. The van der Waals surface area contributed by atoms with Crippen molar-refractivity contribution in [3.8, 4) is 5.75 Å². The molecule has 5 rings (SSSR count). The third kappa shape index (κ3) is 5.40. The summed E-state index contributed by atoms with van der Waals surface area (Å²) < 4.78 is 10.7. The number of aromatic nitrogens is 2. The minimum Gasteiger partial charge on any atom is -0.497 e. The molecule has 0 radical (unpaired) electrons. The topological polar surface area (TPSA) is 91.7 Å². The van der Waals surface area contributed by atoms with Gasteiger partial charge in [-0.15, -0.1) is 0 Å². The van der Waals surface area contributed by atoms with Crippen molar-refractivity contribution in [1.29, 1.82) is 0 Å². The summed E-state index contributed by atoms with van der Waals surface area (Å²) in [6, 6.07) is 10.9. The second-order valence-corrected chi connectivity index (χ2v) is 11.5. The minimum atomic E-state index is -0.174. The molecule has 0 bridgehead atoms. The van der Waals surface area contributed by atoms with Crippen molar-refractivity contribution in [3.63, 3.8) is 0 Å². The number of rotatable bonds is 10. The predicted octanol–water partition coefficient (Wildman–Crippen LogP) is 5.24. The average Bonchev–Trinajstić information content (AvgIpc) is 3.62. The molecule has 1 aromatic carbocycles. The molecule has 8 heteroatoms. The number of benzene rings is 1. The molecule has 1 N–H and O–H groups in total. The van der Waals surface area contributed by atoms with E-state index in [0.717, 1.165) is 50.7 Å². The lowest BCUT2D eigenvalue weighted by Gasteiger charge is -2.44. The zero-order valence-electron chi connectivity index (χ0n) is 24.3. The average molecular weight is 547 g/mol. The summed E-state index contributed by atoms with van der Waals surface area (Å²) in [6.45, 7) is 7.64. The molecule has 2 aliphatic rings. The molecule has 214 valence electrons. The van der Waals surface area contributed by atoms with Gasteiger partial charge in [0.25, 0.3) is 5.91 Å². The fourth-order valence-corrected chi connectivity index (χ4v) is 7.09. The molecule has 3 aromatic rings. The molecular formula is C32H42N4O4. The molecule has 1 aliphatic carbocycles. The maximum Gasteiger partial charge on any atom is 0.259 e. The van der Waals surface area contributed by atoms with Gasteiger partial charge < -0.3 is 24.0 Å². The van der Waals surface area contributed by atoms with Crippen LogP contribution in [-0.4, -0.2) is 65.0 Å². The van der Waals surface area contributed by atoms with E-state index in [4.69, 9.17) is 9.26 Å². The molecule has 0 saturated carbocycles. The summed E-state index contributed by atoms with van der Waals surface area (Å²) in [4.78, 5) is 33.3. The predicted molar refractivity (Wildman–Crippen MR) is 154 cm³/mol. The number of carbonyl (C=O) groups excluding carboxylic acids is 2. The third-order valence-electron chi connectivity index (χ3n) is 9.16. The smallest absolute Gasteiger partial charge is 0.259 e. The van der Waals surface area contributed by atoms with Gasteiger partial charge in [0, 0.05) is 36.9 Å². The Kier molecular flexibility index (Phi) is 8.33. The van der Waals surface area contributed by atoms with Crippen LogP contribution in [0.5, 0.6) is 5.75 Å². The molecule has 2 aromatic heterocycles. The fraction of sp³-hybridized carbons (Fsp3) is 0.531. The molecule has 2 amide bonds. The number of carbonyl (C=O) groups is 2. The lowest BCUT2D eigenvalue weighted by molar-refractivity contribution is -0.135. The number of fused-ring (bicyclic) bond motifs is 1. The highest BCUT2D eigenvalue weighted by atomic mass is 16.5. The Bertz CT molecular complexity index is 1310. The Morgan fingerprint density at radius 1 is 1.20 bits per heavy atom. The van der Waals surface area contributed by atoms with Gasteiger partial charge in [-0.05, 0) is 93.7 Å². The largest absolute Gasteiger partial charge is 0.497 e. The fourth-order valence-electron chi connectivity index (χ4n) is 7.09. The highest BCUT2D eigenvalue weighted by Gasteiger charge is 2.42. The van der Waals surface area contributed by atoms with Gasteiger partial charge in [-0.2, -0.15) is 0 Å². The number of nitrogens with zero attached hydrogens (tertiary/aromatic N) is 3. The van der Waals surface area contributed by atoms with Crippen molar-refractivity contribution in [1.82, 2.24) is 19.9 Å². The van der Waals surface area contributed by atoms with E-state index in [9.17, 15) is 9.59 Å². The van der Waals surface area contributed by atoms with Gasteiger partial charge in [0.15, 0.2) is 0 Å². The number of amides is 2. The molecule has 0 spiro atoms. The van der Waals surface area contributed by atoms with Crippen molar-refractivity contribution in [3.05, 3.63) is 70.4 Å². The Hall–Kier alpha value is -3.55. The molecular weight excluding hydrogens is 504 g/mol. The maximum absolute atomic E-state index is 13.1. The molecule has 8 nitrogen and oxygen atoms in total. The summed E-state index contributed by atoms with van der Waals surface area (Å²) in [6.07, 6.45) is 9.44. The molecule has 40 heavy (non-hydrogen) atoms. The van der Waals surface area contributed by atoms with Crippen LogP contribution in [0, 0.1) is 19.8 Å². The number of aryl methyl sites for hydroxylation is 3. The van der Waals surface area contributed by atoms with Crippen molar-refractivity contribution in [2.24, 2.45) is 5.92 Å². The van der Waals surface area contributed by atoms with Gasteiger partial charge in [0.1, 0.15) is 23.6 Å². The normalized spacial score (nSPS) is 18.9. The SMILES string of the molecule is CCCC(CCCN1CCN(C(=O)c2c(C)noc2C)CC1=O)(c1ccc[nH]1)C1CCc2ccc(OC)cc2C1. The van der Waals surface area contributed by atoms with Crippen LogP contribution in [0.15, 0.2) is 41.1 Å². The third-order valence-corrected chi connectivity index (χ3v) is 9.16. The van der Waals surface area contributed by atoms with E-state index in [1.165, 1.54) is 16.8 Å². The number of nitrogens with one attached hydrogen (secondary N) is 1. The van der Waals surface area contributed by atoms with Crippen LogP contribution in [0.4, 0.5) is 0 Å². The van der Waals surface area contributed by atoms with E-state index < -0.39 is 0 Å². The maximum atomic E-state index is 13.1. The molecule has 1 fully saturated rings. The monoisotopic (exact) mass is 546 g/mol. The first-order valence-corrected chi connectivity index (χ1v) is 14.7. The highest BCUT2D eigenvalue weighted by Crippen LogP contribution is 2.46. The van der Waals surface area contributed by atoms with Gasteiger partial charge in [-0.25, -0.2) is 0 Å². The summed E-state index contributed by atoms with van der Waals surface area (Å²) in [5.74, 6) is 1.76. The number of ether oxygens (including phenoxy) is 1. The summed E-state index contributed by atoms with van der Waals surface area (Å²) in [5, 5.41) is 3.90. The van der Waals surface area contributed by atoms with Gasteiger partial charge in [-0.1, -0.05) is 24.6 Å². The molecule has 3 heterocycles. The van der Waals surface area contributed by atoms with Crippen molar-refractivity contribution >= 4 is 11.8 Å². The first kappa shape index (κ1) is 28.0. The zero-order valence-corrected chi connectivity index (χ0v) is 24.3. The van der Waals surface area contributed by atoms with E-state index in [2.05, 4.69) is 47.4 Å². The first-order chi connectivity index (χ1) is 19.4. The highest BCUT2D eigenvalue weighted by molar-refractivity contribution is 5.98. The summed E-state index contributed by atoms with van der Waals surface area (Å²) >= 11 is 0. The lowest BCUT2D eigenvalue weighted by Crippen LogP contribution is -2.52. The number of hydrogen-bond donors (Lipinski definition) is 1. The van der Waals surface area contributed by atoms with Crippen LogP contribution in [0.25, 0.3) is 0 Å². The number of methoxy groups -OCH3 is 1. The van der Waals surface area contributed by atoms with Crippen molar-refractivity contribution in [2.45, 2.75) is 71.1 Å². The zero-order chi connectivity index (χ0) is 28.3. The number of H-pyrrole nitrogens is 1. The van der Waals surface area contributed by atoms with Gasteiger partial charge in [0.2, 0.25) is 5.91 Å². The van der Waals surface area contributed by atoms with E-state index in [1.54, 1.807) is 25.9 Å². The van der Waals surface area contributed by atoms with Crippen LogP contribution in [-0.2, 0) is 23.1 Å². The second kappa shape index (κ2) is 11.9. The van der Waals surface area contributed by atoms with Gasteiger partial charge in [-0.3, -0.25) is 9.59 Å². The van der Waals surface area contributed by atoms with Crippen LogP contribution in [0.1, 0.15) is 77.7 Å². The lowest BCUT2D eigenvalue weighted by atomic mass is 9.61. The van der Waals surface area contributed by atoms with Crippen molar-refractivity contribution in [2.75, 3.05) is 33.3 Å².